The second-order valence-electron chi connectivity index (χ2n) is 5.43. The van der Waals surface area contributed by atoms with Crippen LogP contribution in [0.5, 0.6) is 0 Å². The molecular formula is C18H18BrFN2O2. The van der Waals surface area contributed by atoms with Crippen LogP contribution in [0, 0.1) is 5.82 Å². The molecule has 0 radical (unpaired) electrons. The summed E-state index contributed by atoms with van der Waals surface area (Å²) in [7, 11) is 0. The Kier molecular flexibility index (Phi) is 5.82. The first kappa shape index (κ1) is 16.9. The predicted molar refractivity (Wildman–Crippen MR) is 96.0 cm³/mol. The van der Waals surface area contributed by atoms with Gasteiger partial charge in [0.15, 0.2) is 0 Å². The van der Waals surface area contributed by atoms with E-state index in [1.165, 1.54) is 17.8 Å². The van der Waals surface area contributed by atoms with Crippen molar-refractivity contribution in [3.05, 3.63) is 63.9 Å². The number of nitrogens with zero attached hydrogens (tertiary/aromatic N) is 2. The number of hydrogen-bond acceptors (Lipinski definition) is 4. The lowest BCUT2D eigenvalue weighted by Gasteiger charge is -2.28. The molecule has 0 saturated carbocycles. The third kappa shape index (κ3) is 4.55. The van der Waals surface area contributed by atoms with Gasteiger partial charge in [0, 0.05) is 28.8 Å². The van der Waals surface area contributed by atoms with Gasteiger partial charge in [-0.1, -0.05) is 39.3 Å². The number of anilines is 1. The number of ether oxygens (including phenoxy) is 1. The molecule has 0 N–H and O–H groups in total. The zero-order valence-electron chi connectivity index (χ0n) is 13.1. The molecular weight excluding hydrogens is 375 g/mol. The van der Waals surface area contributed by atoms with Crippen LogP contribution in [0.15, 0.2) is 52.1 Å². The number of halogens is 2. The van der Waals surface area contributed by atoms with Gasteiger partial charge < -0.3 is 14.5 Å². The molecule has 126 valence electrons. The summed E-state index contributed by atoms with van der Waals surface area (Å²) in [5, 5.41) is 3.97. The van der Waals surface area contributed by atoms with Crippen LogP contribution >= 0.6 is 15.9 Å². The molecule has 2 aromatic rings. The van der Waals surface area contributed by atoms with E-state index in [4.69, 9.17) is 9.57 Å². The first-order valence-electron chi connectivity index (χ1n) is 7.74. The summed E-state index contributed by atoms with van der Waals surface area (Å²) in [6, 6.07) is 12.6. The second kappa shape index (κ2) is 8.26. The molecule has 0 atom stereocenters. The van der Waals surface area contributed by atoms with E-state index >= 15 is 0 Å². The van der Waals surface area contributed by atoms with Crippen molar-refractivity contribution in [3.63, 3.8) is 0 Å². The topological polar surface area (TPSA) is 34.1 Å². The Morgan fingerprint density at radius 1 is 1.17 bits per heavy atom. The maximum absolute atomic E-state index is 13.0. The second-order valence-corrected chi connectivity index (χ2v) is 6.29. The van der Waals surface area contributed by atoms with Gasteiger partial charge in [-0.05, 0) is 29.8 Å². The highest BCUT2D eigenvalue weighted by molar-refractivity contribution is 9.10. The molecule has 6 heteroatoms. The standard InChI is InChI=1S/C18H18BrFN2O2/c19-18-11-16(20)4-3-15(18)13-24-21-12-14-1-5-17(6-2-14)22-7-9-23-10-8-22/h1-6,11-12H,7-10,13H2/b21-12+. The first-order chi connectivity index (χ1) is 11.7. The van der Waals surface area contributed by atoms with Gasteiger partial charge in [-0.2, -0.15) is 0 Å². The fourth-order valence-corrected chi connectivity index (χ4v) is 2.90. The molecule has 1 heterocycles. The Morgan fingerprint density at radius 2 is 1.92 bits per heavy atom. The Labute approximate surface area is 149 Å². The van der Waals surface area contributed by atoms with Gasteiger partial charge in [-0.3, -0.25) is 0 Å². The summed E-state index contributed by atoms with van der Waals surface area (Å²) < 4.78 is 19.0. The smallest absolute Gasteiger partial charge is 0.143 e. The molecule has 0 amide bonds. The molecule has 24 heavy (non-hydrogen) atoms. The van der Waals surface area contributed by atoms with Gasteiger partial charge in [0.25, 0.3) is 0 Å². The van der Waals surface area contributed by atoms with E-state index in [9.17, 15) is 4.39 Å². The highest BCUT2D eigenvalue weighted by Crippen LogP contribution is 2.19. The number of oxime groups is 1. The Hall–Kier alpha value is -1.92. The van der Waals surface area contributed by atoms with Crippen molar-refractivity contribution in [1.29, 1.82) is 0 Å². The molecule has 1 fully saturated rings. The lowest BCUT2D eigenvalue weighted by molar-refractivity contribution is 0.122. The molecule has 4 nitrogen and oxygen atoms in total. The van der Waals surface area contributed by atoms with Crippen molar-refractivity contribution in [3.8, 4) is 0 Å². The maximum atomic E-state index is 13.0. The number of morpholine rings is 1. The lowest BCUT2D eigenvalue weighted by atomic mass is 10.2. The summed E-state index contributed by atoms with van der Waals surface area (Å²) in [6.07, 6.45) is 1.67. The highest BCUT2D eigenvalue weighted by atomic mass is 79.9. The predicted octanol–water partition coefficient (Wildman–Crippen LogP) is 3.98. The van der Waals surface area contributed by atoms with Crippen LogP contribution in [-0.4, -0.2) is 32.5 Å². The van der Waals surface area contributed by atoms with Crippen LogP contribution in [0.25, 0.3) is 0 Å². The molecule has 1 saturated heterocycles. The van der Waals surface area contributed by atoms with Gasteiger partial charge in [0.1, 0.15) is 12.4 Å². The van der Waals surface area contributed by atoms with Gasteiger partial charge in [0.2, 0.25) is 0 Å². The van der Waals surface area contributed by atoms with Crippen molar-refractivity contribution in [2.24, 2.45) is 5.16 Å². The van der Waals surface area contributed by atoms with E-state index in [1.54, 1.807) is 12.3 Å². The van der Waals surface area contributed by atoms with E-state index in [0.29, 0.717) is 4.47 Å². The Balaban J connectivity index is 1.52. The van der Waals surface area contributed by atoms with Gasteiger partial charge in [0.05, 0.1) is 19.4 Å². The fraction of sp³-hybridized carbons (Fsp3) is 0.278. The maximum Gasteiger partial charge on any atom is 0.143 e. The summed E-state index contributed by atoms with van der Waals surface area (Å²) in [5.74, 6) is -0.283. The summed E-state index contributed by atoms with van der Waals surface area (Å²) in [6.45, 7) is 3.67. The average molecular weight is 393 g/mol. The minimum atomic E-state index is -0.283. The largest absolute Gasteiger partial charge is 0.391 e. The molecule has 0 bridgehead atoms. The van der Waals surface area contributed by atoms with Crippen molar-refractivity contribution < 1.29 is 14.0 Å². The van der Waals surface area contributed by atoms with Crippen molar-refractivity contribution in [2.75, 3.05) is 31.2 Å². The third-order valence-electron chi connectivity index (χ3n) is 3.78. The van der Waals surface area contributed by atoms with E-state index in [0.717, 1.165) is 37.4 Å². The average Bonchev–Trinajstić information content (AvgIpc) is 2.61. The van der Waals surface area contributed by atoms with Crippen molar-refractivity contribution in [2.45, 2.75) is 6.61 Å². The number of benzene rings is 2. The quantitative estimate of drug-likeness (QED) is 0.570. The molecule has 1 aliphatic rings. The normalized spacial score (nSPS) is 15.0. The molecule has 0 aromatic heterocycles. The van der Waals surface area contributed by atoms with Crippen molar-refractivity contribution in [1.82, 2.24) is 0 Å². The van der Waals surface area contributed by atoms with E-state index in [1.807, 2.05) is 12.1 Å². The van der Waals surface area contributed by atoms with Crippen LogP contribution in [0.3, 0.4) is 0 Å². The highest BCUT2D eigenvalue weighted by Gasteiger charge is 2.10. The zero-order chi connectivity index (χ0) is 16.8. The lowest BCUT2D eigenvalue weighted by Crippen LogP contribution is -2.36. The minimum Gasteiger partial charge on any atom is -0.391 e. The van der Waals surface area contributed by atoms with E-state index in [2.05, 4.69) is 38.1 Å². The van der Waals surface area contributed by atoms with Crippen LogP contribution in [0.1, 0.15) is 11.1 Å². The van der Waals surface area contributed by atoms with Crippen molar-refractivity contribution >= 4 is 27.8 Å². The molecule has 1 aliphatic heterocycles. The van der Waals surface area contributed by atoms with Crippen LogP contribution in [-0.2, 0) is 16.2 Å². The van der Waals surface area contributed by atoms with Gasteiger partial charge >= 0.3 is 0 Å². The Morgan fingerprint density at radius 3 is 2.62 bits per heavy atom. The first-order valence-corrected chi connectivity index (χ1v) is 8.54. The van der Waals surface area contributed by atoms with Crippen LogP contribution in [0.4, 0.5) is 10.1 Å². The van der Waals surface area contributed by atoms with E-state index < -0.39 is 0 Å². The SMILES string of the molecule is Fc1ccc(CO/N=C/c2ccc(N3CCOCC3)cc2)c(Br)c1. The molecule has 2 aromatic carbocycles. The van der Waals surface area contributed by atoms with E-state index in [-0.39, 0.29) is 12.4 Å². The molecule has 0 aliphatic carbocycles. The molecule has 3 rings (SSSR count). The summed E-state index contributed by atoms with van der Waals surface area (Å²) in [4.78, 5) is 7.58. The monoisotopic (exact) mass is 392 g/mol. The number of rotatable bonds is 5. The minimum absolute atomic E-state index is 0.281. The fourth-order valence-electron chi connectivity index (χ4n) is 2.44. The number of hydrogen-bond donors (Lipinski definition) is 0. The van der Waals surface area contributed by atoms with Crippen LogP contribution < -0.4 is 4.90 Å². The van der Waals surface area contributed by atoms with Gasteiger partial charge in [-0.15, -0.1) is 0 Å². The van der Waals surface area contributed by atoms with Crippen LogP contribution in [0.2, 0.25) is 0 Å². The van der Waals surface area contributed by atoms with Gasteiger partial charge in [-0.25, -0.2) is 4.39 Å². The summed E-state index contributed by atoms with van der Waals surface area (Å²) in [5.41, 5.74) is 2.99. The summed E-state index contributed by atoms with van der Waals surface area (Å²) >= 11 is 3.30. The Bertz CT molecular complexity index is 701. The third-order valence-corrected chi connectivity index (χ3v) is 4.52. The molecule has 0 unspecified atom stereocenters. The molecule has 0 spiro atoms. The zero-order valence-corrected chi connectivity index (χ0v) is 14.7.